The van der Waals surface area contributed by atoms with Crippen molar-refractivity contribution in [3.05, 3.63) is 94.0 Å². The van der Waals surface area contributed by atoms with Gasteiger partial charge in [0.05, 0.1) is 13.2 Å². The van der Waals surface area contributed by atoms with Gasteiger partial charge in [0.25, 0.3) is 0 Å². The van der Waals surface area contributed by atoms with E-state index in [1.807, 2.05) is 60.7 Å². The second-order valence-corrected chi connectivity index (χ2v) is 7.39. The number of nitrogens with one attached hydrogen (secondary N) is 1. The Bertz CT molecular complexity index is 887. The number of benzene rings is 3. The maximum atomic E-state index is 12.8. The first kappa shape index (κ1) is 19.2. The van der Waals surface area contributed by atoms with Crippen LogP contribution in [0, 0.1) is 6.92 Å². The van der Waals surface area contributed by atoms with Crippen molar-refractivity contribution in [2.24, 2.45) is 0 Å². The smallest absolute Gasteiger partial charge is 0.165 e. The van der Waals surface area contributed by atoms with E-state index in [0.717, 1.165) is 21.5 Å². The summed E-state index contributed by atoms with van der Waals surface area (Å²) >= 11 is 3.47. The number of hydrogen-bond donors (Lipinski definition) is 1. The first-order valence-electron chi connectivity index (χ1n) is 8.81. The Hall–Kier alpha value is -2.59. The van der Waals surface area contributed by atoms with E-state index in [1.54, 1.807) is 7.11 Å². The number of halogens is 1. The van der Waals surface area contributed by atoms with Crippen LogP contribution in [0.25, 0.3) is 0 Å². The van der Waals surface area contributed by atoms with E-state index in [0.29, 0.717) is 12.0 Å². The summed E-state index contributed by atoms with van der Waals surface area (Å²) in [5.41, 5.74) is 3.95. The molecule has 0 saturated carbocycles. The van der Waals surface area contributed by atoms with Gasteiger partial charge in [-0.25, -0.2) is 0 Å². The maximum Gasteiger partial charge on any atom is 0.165 e. The van der Waals surface area contributed by atoms with Gasteiger partial charge in [0.2, 0.25) is 0 Å². The number of anilines is 1. The van der Waals surface area contributed by atoms with E-state index >= 15 is 0 Å². The van der Waals surface area contributed by atoms with Gasteiger partial charge in [-0.3, -0.25) is 4.79 Å². The average molecular weight is 424 g/mol. The molecule has 3 aromatic carbocycles. The van der Waals surface area contributed by atoms with Crippen molar-refractivity contribution < 1.29 is 9.53 Å². The molecule has 3 nitrogen and oxygen atoms in total. The summed E-state index contributed by atoms with van der Waals surface area (Å²) in [6.45, 7) is 2.06. The van der Waals surface area contributed by atoms with E-state index in [2.05, 4.69) is 40.3 Å². The fourth-order valence-corrected chi connectivity index (χ4v) is 3.14. The van der Waals surface area contributed by atoms with Gasteiger partial charge in [0.1, 0.15) is 5.75 Å². The third kappa shape index (κ3) is 5.20. The van der Waals surface area contributed by atoms with E-state index in [4.69, 9.17) is 4.74 Å². The Morgan fingerprint density at radius 2 is 1.59 bits per heavy atom. The first-order valence-corrected chi connectivity index (χ1v) is 9.60. The zero-order valence-corrected chi connectivity index (χ0v) is 17.0. The Morgan fingerprint density at radius 1 is 0.963 bits per heavy atom. The van der Waals surface area contributed by atoms with Crippen LogP contribution >= 0.6 is 15.9 Å². The van der Waals surface area contributed by atoms with Crippen LogP contribution in [0.3, 0.4) is 0 Å². The van der Waals surface area contributed by atoms with Crippen molar-refractivity contribution in [1.82, 2.24) is 0 Å². The molecule has 0 aliphatic carbocycles. The molecule has 138 valence electrons. The number of carbonyl (C=O) groups is 1. The second-order valence-electron chi connectivity index (χ2n) is 6.47. The fourth-order valence-electron chi connectivity index (χ4n) is 2.88. The number of hydrogen-bond acceptors (Lipinski definition) is 3. The van der Waals surface area contributed by atoms with Gasteiger partial charge >= 0.3 is 0 Å². The maximum absolute atomic E-state index is 12.8. The Morgan fingerprint density at radius 3 is 2.19 bits per heavy atom. The number of ketones is 1. The predicted octanol–water partition coefficient (Wildman–Crippen LogP) is 6.19. The number of methoxy groups -OCH3 is 1. The summed E-state index contributed by atoms with van der Waals surface area (Å²) in [6, 6.07) is 23.4. The topological polar surface area (TPSA) is 38.3 Å². The van der Waals surface area contributed by atoms with Crippen molar-refractivity contribution in [3.8, 4) is 5.75 Å². The standard InChI is InChI=1S/C23H22BrNO2/c1-16-3-11-20(12-4-16)25-22(17-5-9-19(24)10-6-17)15-23(26)18-7-13-21(27-2)14-8-18/h3-14,22,25H,15H2,1-2H3/t22-/m0/s1. The molecule has 0 heterocycles. The highest BCUT2D eigenvalue weighted by atomic mass is 79.9. The molecule has 0 bridgehead atoms. The molecule has 0 saturated heterocycles. The minimum atomic E-state index is -0.115. The number of ether oxygens (including phenoxy) is 1. The molecule has 1 atom stereocenters. The lowest BCUT2D eigenvalue weighted by atomic mass is 9.97. The quantitative estimate of drug-likeness (QED) is 0.460. The molecule has 0 spiro atoms. The van der Waals surface area contributed by atoms with Crippen LogP contribution in [0.5, 0.6) is 5.75 Å². The van der Waals surface area contributed by atoms with Gasteiger partial charge in [0, 0.05) is 22.1 Å². The van der Waals surface area contributed by atoms with E-state index in [-0.39, 0.29) is 11.8 Å². The SMILES string of the molecule is COc1ccc(C(=O)C[C@H](Nc2ccc(C)cc2)c2ccc(Br)cc2)cc1. The zero-order chi connectivity index (χ0) is 19.2. The van der Waals surface area contributed by atoms with Crippen molar-refractivity contribution in [1.29, 1.82) is 0 Å². The van der Waals surface area contributed by atoms with Gasteiger partial charge in [-0.2, -0.15) is 0 Å². The van der Waals surface area contributed by atoms with Crippen LogP contribution in [0.1, 0.15) is 33.9 Å². The summed E-state index contributed by atoms with van der Waals surface area (Å²) in [7, 11) is 1.62. The highest BCUT2D eigenvalue weighted by Gasteiger charge is 2.17. The molecule has 0 fully saturated rings. The lowest BCUT2D eigenvalue weighted by Gasteiger charge is -2.20. The van der Waals surface area contributed by atoms with E-state index < -0.39 is 0 Å². The Kier molecular flexibility index (Phi) is 6.30. The van der Waals surface area contributed by atoms with Gasteiger partial charge in [0.15, 0.2) is 5.78 Å². The number of carbonyl (C=O) groups excluding carboxylic acids is 1. The van der Waals surface area contributed by atoms with Crippen LogP contribution < -0.4 is 10.1 Å². The van der Waals surface area contributed by atoms with Crippen LogP contribution in [-0.2, 0) is 0 Å². The first-order chi connectivity index (χ1) is 13.0. The molecule has 0 amide bonds. The monoisotopic (exact) mass is 423 g/mol. The van der Waals surface area contributed by atoms with Crippen LogP contribution in [0.4, 0.5) is 5.69 Å². The zero-order valence-electron chi connectivity index (χ0n) is 15.4. The third-order valence-corrected chi connectivity index (χ3v) is 5.00. The molecular formula is C23H22BrNO2. The molecule has 0 unspecified atom stereocenters. The molecule has 4 heteroatoms. The lowest BCUT2D eigenvalue weighted by Crippen LogP contribution is -2.16. The minimum absolute atomic E-state index is 0.0881. The molecule has 3 aromatic rings. The Labute approximate surface area is 168 Å². The predicted molar refractivity (Wildman–Crippen MR) is 114 cm³/mol. The van der Waals surface area contributed by atoms with Crippen molar-refractivity contribution in [3.63, 3.8) is 0 Å². The molecule has 3 rings (SSSR count). The van der Waals surface area contributed by atoms with Crippen LogP contribution in [-0.4, -0.2) is 12.9 Å². The minimum Gasteiger partial charge on any atom is -0.497 e. The number of aryl methyl sites for hydroxylation is 1. The summed E-state index contributed by atoms with van der Waals surface area (Å²) < 4.78 is 6.19. The van der Waals surface area contributed by atoms with Crippen molar-refractivity contribution in [2.45, 2.75) is 19.4 Å². The second kappa shape index (κ2) is 8.87. The third-order valence-electron chi connectivity index (χ3n) is 4.47. The lowest BCUT2D eigenvalue weighted by molar-refractivity contribution is 0.0976. The largest absolute Gasteiger partial charge is 0.497 e. The van der Waals surface area contributed by atoms with Gasteiger partial charge in [-0.05, 0) is 61.0 Å². The van der Waals surface area contributed by atoms with Gasteiger partial charge in [-0.1, -0.05) is 45.8 Å². The van der Waals surface area contributed by atoms with Gasteiger partial charge < -0.3 is 10.1 Å². The average Bonchev–Trinajstić information content (AvgIpc) is 2.70. The highest BCUT2D eigenvalue weighted by Crippen LogP contribution is 2.26. The molecule has 0 aliphatic heterocycles. The van der Waals surface area contributed by atoms with Gasteiger partial charge in [-0.15, -0.1) is 0 Å². The molecule has 1 N–H and O–H groups in total. The van der Waals surface area contributed by atoms with Crippen LogP contribution in [0.15, 0.2) is 77.3 Å². The number of Topliss-reactive ketones (excluding diaryl/α,β-unsaturated/α-hetero) is 1. The number of rotatable bonds is 7. The molecule has 0 aliphatic rings. The molecule has 0 radical (unpaired) electrons. The van der Waals surface area contributed by atoms with E-state index in [9.17, 15) is 4.79 Å². The fraction of sp³-hybridized carbons (Fsp3) is 0.174. The molecule has 27 heavy (non-hydrogen) atoms. The highest BCUT2D eigenvalue weighted by molar-refractivity contribution is 9.10. The molecule has 0 aromatic heterocycles. The summed E-state index contributed by atoms with van der Waals surface area (Å²) in [4.78, 5) is 12.8. The summed E-state index contributed by atoms with van der Waals surface area (Å²) in [5, 5.41) is 3.50. The Balaban J connectivity index is 1.82. The van der Waals surface area contributed by atoms with Crippen molar-refractivity contribution in [2.75, 3.05) is 12.4 Å². The summed E-state index contributed by atoms with van der Waals surface area (Å²) in [5.74, 6) is 0.832. The van der Waals surface area contributed by atoms with E-state index in [1.165, 1.54) is 5.56 Å². The molecular weight excluding hydrogens is 402 g/mol. The normalized spacial score (nSPS) is 11.7. The summed E-state index contributed by atoms with van der Waals surface area (Å²) in [6.07, 6.45) is 0.363. The van der Waals surface area contributed by atoms with Crippen LogP contribution in [0.2, 0.25) is 0 Å². The van der Waals surface area contributed by atoms with Crippen molar-refractivity contribution >= 4 is 27.4 Å².